The lowest BCUT2D eigenvalue weighted by molar-refractivity contribution is 0.532. The van der Waals surface area contributed by atoms with E-state index in [1.165, 1.54) is 27.8 Å². The molecule has 1 aromatic heterocycles. The number of benzene rings is 1. The minimum Gasteiger partial charge on any atom is -0.310 e. The van der Waals surface area contributed by atoms with Crippen LogP contribution in [0.5, 0.6) is 0 Å². The zero-order chi connectivity index (χ0) is 16.5. The first-order valence-electron chi connectivity index (χ1n) is 8.37. The first-order valence-corrected chi connectivity index (χ1v) is 8.37. The number of hydrogen-bond donors (Lipinski definition) is 1. The second-order valence-electron chi connectivity index (χ2n) is 7.58. The lowest BCUT2D eigenvalue weighted by atomic mass is 9.89. The largest absolute Gasteiger partial charge is 0.310 e. The van der Waals surface area contributed by atoms with E-state index < -0.39 is 0 Å². The summed E-state index contributed by atoms with van der Waals surface area (Å²) in [6, 6.07) is 7.33. The fourth-order valence-corrected chi connectivity index (χ4v) is 2.71. The van der Waals surface area contributed by atoms with Crippen LogP contribution in [0.3, 0.4) is 0 Å². The molecule has 0 aliphatic rings. The molecule has 1 aromatic carbocycles. The molecule has 2 aromatic rings. The van der Waals surface area contributed by atoms with Gasteiger partial charge in [0.1, 0.15) is 0 Å². The lowest BCUT2D eigenvalue weighted by Gasteiger charge is -2.22. The fraction of sp³-hybridized carbons (Fsp3) is 0.550. The van der Waals surface area contributed by atoms with Crippen molar-refractivity contribution in [2.24, 2.45) is 0 Å². The van der Waals surface area contributed by atoms with E-state index >= 15 is 0 Å². The van der Waals surface area contributed by atoms with Crippen molar-refractivity contribution >= 4 is 10.9 Å². The van der Waals surface area contributed by atoms with Gasteiger partial charge in [-0.15, -0.1) is 0 Å². The summed E-state index contributed by atoms with van der Waals surface area (Å²) in [5.74, 6) is 0. The second-order valence-corrected chi connectivity index (χ2v) is 7.58. The monoisotopic (exact) mass is 298 g/mol. The molecule has 2 heteroatoms. The number of rotatable bonds is 4. The summed E-state index contributed by atoms with van der Waals surface area (Å²) < 4.78 is 0. The van der Waals surface area contributed by atoms with Crippen LogP contribution in [-0.2, 0) is 12.0 Å². The van der Waals surface area contributed by atoms with Gasteiger partial charge in [-0.25, -0.2) is 0 Å². The molecule has 1 N–H and O–H groups in total. The van der Waals surface area contributed by atoms with Crippen LogP contribution in [0.25, 0.3) is 10.9 Å². The molecule has 0 saturated carbocycles. The van der Waals surface area contributed by atoms with Crippen LogP contribution in [0.4, 0.5) is 0 Å². The van der Waals surface area contributed by atoms with E-state index in [1.54, 1.807) is 0 Å². The molecule has 0 bridgehead atoms. The summed E-state index contributed by atoms with van der Waals surface area (Å²) in [4.78, 5) is 4.97. The van der Waals surface area contributed by atoms with Gasteiger partial charge < -0.3 is 5.32 Å². The number of fused-ring (bicyclic) bond motifs is 1. The highest BCUT2D eigenvalue weighted by molar-refractivity contribution is 5.86. The molecular weight excluding hydrogens is 268 g/mol. The van der Waals surface area contributed by atoms with Gasteiger partial charge in [0.05, 0.1) is 5.52 Å². The third-order valence-electron chi connectivity index (χ3n) is 4.36. The van der Waals surface area contributed by atoms with Crippen molar-refractivity contribution in [3.63, 3.8) is 0 Å². The molecule has 1 unspecified atom stereocenters. The topological polar surface area (TPSA) is 24.9 Å². The Balaban J connectivity index is 2.59. The molecule has 0 spiro atoms. The van der Waals surface area contributed by atoms with Crippen molar-refractivity contribution in [1.29, 1.82) is 0 Å². The first kappa shape index (κ1) is 17.0. The predicted molar refractivity (Wildman–Crippen MR) is 96.5 cm³/mol. The molecule has 0 radical (unpaired) electrons. The third-order valence-corrected chi connectivity index (χ3v) is 4.36. The van der Waals surface area contributed by atoms with Crippen molar-refractivity contribution in [3.05, 3.63) is 40.6 Å². The number of aromatic nitrogens is 1. The van der Waals surface area contributed by atoms with Gasteiger partial charge >= 0.3 is 0 Å². The van der Waals surface area contributed by atoms with E-state index in [2.05, 4.69) is 72.0 Å². The highest BCUT2D eigenvalue weighted by Crippen LogP contribution is 2.28. The molecule has 22 heavy (non-hydrogen) atoms. The number of hydrogen-bond acceptors (Lipinski definition) is 2. The normalized spacial score (nSPS) is 13.6. The van der Waals surface area contributed by atoms with E-state index in [0.29, 0.717) is 6.04 Å². The Morgan fingerprint density at radius 2 is 1.82 bits per heavy atom. The minimum atomic E-state index is 0.0661. The van der Waals surface area contributed by atoms with Gasteiger partial charge in [0.25, 0.3) is 0 Å². The molecule has 120 valence electrons. The van der Waals surface area contributed by atoms with Crippen LogP contribution < -0.4 is 5.32 Å². The Bertz CT molecular complexity index is 665. The van der Waals surface area contributed by atoms with Gasteiger partial charge in [0, 0.05) is 29.1 Å². The molecular formula is C20H30N2. The highest BCUT2D eigenvalue weighted by Gasteiger charge is 2.18. The number of pyridine rings is 1. The molecule has 0 aliphatic carbocycles. The lowest BCUT2D eigenvalue weighted by Crippen LogP contribution is -2.25. The van der Waals surface area contributed by atoms with E-state index in [4.69, 9.17) is 4.98 Å². The van der Waals surface area contributed by atoms with Crippen molar-refractivity contribution < 1.29 is 0 Å². The molecule has 0 saturated heterocycles. The fourth-order valence-electron chi connectivity index (χ4n) is 2.71. The summed E-state index contributed by atoms with van der Waals surface area (Å²) in [6.07, 6.45) is 1.15. The van der Waals surface area contributed by atoms with E-state index in [9.17, 15) is 0 Å². The maximum atomic E-state index is 4.97. The highest BCUT2D eigenvalue weighted by atomic mass is 14.9. The maximum Gasteiger partial charge on any atom is 0.0738 e. The molecule has 2 rings (SSSR count). The summed E-state index contributed by atoms with van der Waals surface area (Å²) >= 11 is 0. The van der Waals surface area contributed by atoms with Crippen LogP contribution >= 0.6 is 0 Å². The zero-order valence-electron chi connectivity index (χ0n) is 15.2. The van der Waals surface area contributed by atoms with Crippen LogP contribution in [-0.4, -0.2) is 11.0 Å². The predicted octanol–water partition coefficient (Wildman–Crippen LogP) is 5.04. The smallest absolute Gasteiger partial charge is 0.0738 e. The molecule has 1 atom stereocenters. The number of nitrogens with zero attached hydrogens (tertiary/aromatic N) is 1. The van der Waals surface area contributed by atoms with Crippen LogP contribution in [0.2, 0.25) is 0 Å². The first-order chi connectivity index (χ1) is 10.2. The van der Waals surface area contributed by atoms with Gasteiger partial charge in [-0.3, -0.25) is 4.98 Å². The Kier molecular flexibility index (Phi) is 4.91. The van der Waals surface area contributed by atoms with Crippen molar-refractivity contribution in [1.82, 2.24) is 10.3 Å². The van der Waals surface area contributed by atoms with Gasteiger partial charge in [0.2, 0.25) is 0 Å². The molecule has 0 amide bonds. The van der Waals surface area contributed by atoms with Crippen molar-refractivity contribution in [2.45, 2.75) is 72.9 Å². The minimum absolute atomic E-state index is 0.0661. The van der Waals surface area contributed by atoms with Crippen LogP contribution in [0, 0.1) is 13.8 Å². The molecule has 1 heterocycles. The summed E-state index contributed by atoms with van der Waals surface area (Å²) in [7, 11) is 0. The van der Waals surface area contributed by atoms with Crippen molar-refractivity contribution in [2.75, 3.05) is 0 Å². The molecule has 0 fully saturated rings. The van der Waals surface area contributed by atoms with Crippen molar-refractivity contribution in [3.8, 4) is 0 Å². The van der Waals surface area contributed by atoms with Gasteiger partial charge in [-0.1, -0.05) is 39.3 Å². The average Bonchev–Trinajstić information content (AvgIpc) is 2.43. The summed E-state index contributed by atoms with van der Waals surface area (Å²) in [6.45, 7) is 16.4. The van der Waals surface area contributed by atoms with Gasteiger partial charge in [-0.2, -0.15) is 0 Å². The van der Waals surface area contributed by atoms with E-state index in [1.807, 2.05) is 0 Å². The SMILES string of the molecule is CCC(C)NCc1cc(C(C)(C)C)nc2c(C)cc(C)cc12. The Hall–Kier alpha value is -1.41. The summed E-state index contributed by atoms with van der Waals surface area (Å²) in [5.41, 5.74) is 6.33. The van der Waals surface area contributed by atoms with Crippen LogP contribution in [0.1, 0.15) is 63.4 Å². The maximum absolute atomic E-state index is 4.97. The van der Waals surface area contributed by atoms with Gasteiger partial charge in [0.15, 0.2) is 0 Å². The Labute approximate surface area is 135 Å². The van der Waals surface area contributed by atoms with E-state index in [0.717, 1.165) is 18.5 Å². The molecule has 0 aliphatic heterocycles. The molecule has 2 nitrogen and oxygen atoms in total. The van der Waals surface area contributed by atoms with Gasteiger partial charge in [-0.05, 0) is 50.5 Å². The quantitative estimate of drug-likeness (QED) is 0.855. The summed E-state index contributed by atoms with van der Waals surface area (Å²) in [5, 5.41) is 4.92. The second kappa shape index (κ2) is 6.37. The Morgan fingerprint density at radius 3 is 2.41 bits per heavy atom. The standard InChI is InChI=1S/C20H30N2/c1-8-15(4)21-12-16-11-18(20(5,6)7)22-19-14(3)9-13(2)10-17(16)19/h9-11,15,21H,8,12H2,1-7H3. The Morgan fingerprint density at radius 1 is 1.14 bits per heavy atom. The third kappa shape index (κ3) is 3.67. The zero-order valence-corrected chi connectivity index (χ0v) is 15.2. The average molecular weight is 298 g/mol. The number of aryl methyl sites for hydroxylation is 2. The number of nitrogens with one attached hydrogen (secondary N) is 1. The van der Waals surface area contributed by atoms with E-state index in [-0.39, 0.29) is 5.41 Å². The van der Waals surface area contributed by atoms with Crippen LogP contribution in [0.15, 0.2) is 18.2 Å².